The van der Waals surface area contributed by atoms with E-state index in [0.717, 1.165) is 18.9 Å². The van der Waals surface area contributed by atoms with Gasteiger partial charge in [0.1, 0.15) is 11.4 Å². The third-order valence-electron chi connectivity index (χ3n) is 6.79. The summed E-state index contributed by atoms with van der Waals surface area (Å²) in [4.78, 5) is 8.77. The number of benzene rings is 1. The molecule has 1 atom stereocenters. The molecule has 3 aromatic rings. The maximum absolute atomic E-state index is 14.7. The molecule has 1 aliphatic heterocycles. The molecule has 6 nitrogen and oxygen atoms in total. The summed E-state index contributed by atoms with van der Waals surface area (Å²) in [5.74, 6) is -0.275. The largest absolute Gasteiger partial charge is 0.383 e. The molecule has 0 spiro atoms. The van der Waals surface area contributed by atoms with Crippen molar-refractivity contribution in [3.63, 3.8) is 0 Å². The minimum absolute atomic E-state index is 0.127. The third kappa shape index (κ3) is 4.86. The number of fused-ring (bicyclic) bond motifs is 1. The molecular formula is C25H27F3N4O2S. The van der Waals surface area contributed by atoms with Gasteiger partial charge in [0, 0.05) is 44.1 Å². The molecule has 1 saturated heterocycles. The summed E-state index contributed by atoms with van der Waals surface area (Å²) < 4.78 is 58.5. The normalized spacial score (nSPS) is 25.5. The first-order chi connectivity index (χ1) is 16.7. The lowest BCUT2D eigenvalue weighted by molar-refractivity contribution is 0.0227. The summed E-state index contributed by atoms with van der Waals surface area (Å²) in [6.45, 7) is 1.69. The summed E-state index contributed by atoms with van der Waals surface area (Å²) in [5, 5.41) is 15.2. The number of halogens is 3. The molecule has 1 aliphatic carbocycles. The number of rotatable bonds is 6. The lowest BCUT2D eigenvalue weighted by atomic mass is 9.91. The quantitative estimate of drug-likeness (QED) is 0.464. The van der Waals surface area contributed by atoms with Crippen molar-refractivity contribution in [2.24, 2.45) is 4.36 Å². The van der Waals surface area contributed by atoms with Crippen LogP contribution in [0.25, 0.3) is 10.9 Å². The number of alkyl halides is 2. The Labute approximate surface area is 202 Å². The molecule has 0 unspecified atom stereocenters. The van der Waals surface area contributed by atoms with Crippen molar-refractivity contribution in [1.29, 1.82) is 0 Å². The zero-order chi connectivity index (χ0) is 24.8. The molecule has 2 fully saturated rings. The van der Waals surface area contributed by atoms with E-state index < -0.39 is 39.2 Å². The molecular weight excluding hydrogens is 477 g/mol. The van der Waals surface area contributed by atoms with Gasteiger partial charge in [-0.3, -0.25) is 9.97 Å². The van der Waals surface area contributed by atoms with Crippen LogP contribution < -0.4 is 5.32 Å². The van der Waals surface area contributed by atoms with Crippen molar-refractivity contribution in [2.75, 3.05) is 16.8 Å². The van der Waals surface area contributed by atoms with Gasteiger partial charge in [-0.2, -0.15) is 0 Å². The topological polar surface area (TPSA) is 87.5 Å². The first kappa shape index (κ1) is 24.0. The van der Waals surface area contributed by atoms with Gasteiger partial charge in [-0.15, -0.1) is 0 Å². The summed E-state index contributed by atoms with van der Waals surface area (Å²) in [5.41, 5.74) is -0.106. The van der Waals surface area contributed by atoms with Gasteiger partial charge >= 0.3 is 0 Å². The number of anilines is 1. The van der Waals surface area contributed by atoms with E-state index in [4.69, 9.17) is 0 Å². The monoisotopic (exact) mass is 504 g/mol. The predicted octanol–water partition coefficient (Wildman–Crippen LogP) is 5.49. The Morgan fingerprint density at radius 1 is 1.17 bits per heavy atom. The molecule has 2 N–H and O–H groups in total. The maximum atomic E-state index is 14.7. The van der Waals surface area contributed by atoms with E-state index in [1.54, 1.807) is 31.5 Å². The molecule has 2 aromatic heterocycles. The maximum Gasteiger partial charge on any atom is 0.266 e. The van der Waals surface area contributed by atoms with E-state index in [0.29, 0.717) is 46.6 Å². The SMILES string of the molecule is C[C@@H](Nc1ccnc2cnc(C3(O)CCS(=O)(=NC4CC4)CC3)cc12)c1cccc(C(F)F)c1F. The van der Waals surface area contributed by atoms with Crippen LogP contribution >= 0.6 is 0 Å². The van der Waals surface area contributed by atoms with E-state index in [1.807, 2.05) is 0 Å². The summed E-state index contributed by atoms with van der Waals surface area (Å²) in [7, 11) is -2.29. The minimum atomic E-state index is -2.90. The van der Waals surface area contributed by atoms with E-state index >= 15 is 0 Å². The number of hydrogen-bond acceptors (Lipinski definition) is 6. The van der Waals surface area contributed by atoms with Gasteiger partial charge in [0.25, 0.3) is 6.43 Å². The van der Waals surface area contributed by atoms with Gasteiger partial charge in [0.2, 0.25) is 0 Å². The molecule has 1 aromatic carbocycles. The van der Waals surface area contributed by atoms with Crippen molar-refractivity contribution in [1.82, 2.24) is 9.97 Å². The Morgan fingerprint density at radius 3 is 2.57 bits per heavy atom. The molecule has 10 heteroatoms. The Hall–Kier alpha value is -2.72. The average Bonchev–Trinajstić information content (AvgIpc) is 3.65. The highest BCUT2D eigenvalue weighted by molar-refractivity contribution is 7.93. The number of aromatic nitrogens is 2. The van der Waals surface area contributed by atoms with Gasteiger partial charge in [-0.25, -0.2) is 21.7 Å². The second kappa shape index (κ2) is 9.05. The molecule has 35 heavy (non-hydrogen) atoms. The Bertz CT molecular complexity index is 1370. The Balaban J connectivity index is 1.43. The fourth-order valence-electron chi connectivity index (χ4n) is 4.51. The van der Waals surface area contributed by atoms with Gasteiger partial charge < -0.3 is 10.4 Å². The van der Waals surface area contributed by atoms with E-state index in [1.165, 1.54) is 12.1 Å². The smallest absolute Gasteiger partial charge is 0.266 e. The second-order valence-electron chi connectivity index (χ2n) is 9.41. The minimum Gasteiger partial charge on any atom is -0.383 e. The van der Waals surface area contributed by atoms with E-state index in [2.05, 4.69) is 19.6 Å². The van der Waals surface area contributed by atoms with Crippen LogP contribution in [0.5, 0.6) is 0 Å². The molecule has 1 saturated carbocycles. The summed E-state index contributed by atoms with van der Waals surface area (Å²) >= 11 is 0. The highest BCUT2D eigenvalue weighted by Gasteiger charge is 2.38. The fourth-order valence-corrected chi connectivity index (χ4v) is 6.99. The number of aliphatic hydroxyl groups is 1. The van der Waals surface area contributed by atoms with Gasteiger partial charge in [0.15, 0.2) is 0 Å². The van der Waals surface area contributed by atoms with Crippen LogP contribution in [0.3, 0.4) is 0 Å². The Kier molecular flexibility index (Phi) is 6.21. The Morgan fingerprint density at radius 2 is 1.89 bits per heavy atom. The van der Waals surface area contributed by atoms with Crippen molar-refractivity contribution in [3.05, 3.63) is 65.4 Å². The highest BCUT2D eigenvalue weighted by atomic mass is 32.2. The molecule has 0 amide bonds. The van der Waals surface area contributed by atoms with Crippen LogP contribution in [-0.4, -0.2) is 36.8 Å². The van der Waals surface area contributed by atoms with Gasteiger partial charge in [-0.1, -0.05) is 18.2 Å². The predicted molar refractivity (Wildman–Crippen MR) is 129 cm³/mol. The zero-order valence-electron chi connectivity index (χ0n) is 19.3. The average molecular weight is 505 g/mol. The summed E-state index contributed by atoms with van der Waals surface area (Å²) in [6.07, 6.45) is 2.82. The van der Waals surface area contributed by atoms with Crippen LogP contribution in [-0.2, 0) is 15.3 Å². The van der Waals surface area contributed by atoms with Crippen LogP contribution in [0.4, 0.5) is 18.9 Å². The van der Waals surface area contributed by atoms with Crippen molar-refractivity contribution in [3.8, 4) is 0 Å². The van der Waals surface area contributed by atoms with Gasteiger partial charge in [0.05, 0.1) is 35.1 Å². The van der Waals surface area contributed by atoms with E-state index in [-0.39, 0.29) is 11.6 Å². The van der Waals surface area contributed by atoms with Crippen molar-refractivity contribution < 1.29 is 22.5 Å². The first-order valence-electron chi connectivity index (χ1n) is 11.7. The molecule has 5 rings (SSSR count). The second-order valence-corrected chi connectivity index (χ2v) is 12.0. The zero-order valence-corrected chi connectivity index (χ0v) is 20.1. The molecule has 186 valence electrons. The van der Waals surface area contributed by atoms with E-state index in [9.17, 15) is 22.5 Å². The number of nitrogens with one attached hydrogen (secondary N) is 1. The van der Waals surface area contributed by atoms with Crippen LogP contribution in [0.15, 0.2) is 47.1 Å². The third-order valence-corrected chi connectivity index (χ3v) is 9.16. The molecule has 0 bridgehead atoms. The first-order valence-corrected chi connectivity index (χ1v) is 13.5. The molecule has 3 heterocycles. The van der Waals surface area contributed by atoms with Crippen LogP contribution in [0, 0.1) is 5.82 Å². The lowest BCUT2D eigenvalue weighted by Gasteiger charge is -2.33. The molecule has 2 aliphatic rings. The number of hydrogen-bond donors (Lipinski definition) is 2. The summed E-state index contributed by atoms with van der Waals surface area (Å²) in [6, 6.07) is 7.03. The number of pyridine rings is 2. The number of nitrogens with zero attached hydrogens (tertiary/aromatic N) is 3. The van der Waals surface area contributed by atoms with Crippen LogP contribution in [0.2, 0.25) is 0 Å². The highest BCUT2D eigenvalue weighted by Crippen LogP contribution is 2.37. The lowest BCUT2D eigenvalue weighted by Crippen LogP contribution is -2.37. The van der Waals surface area contributed by atoms with Crippen molar-refractivity contribution >= 4 is 26.3 Å². The van der Waals surface area contributed by atoms with Crippen molar-refractivity contribution in [2.45, 2.75) is 56.7 Å². The van der Waals surface area contributed by atoms with Crippen LogP contribution in [0.1, 0.15) is 61.9 Å². The molecule has 0 radical (unpaired) electrons. The fraction of sp³-hybridized carbons (Fsp3) is 0.440. The van der Waals surface area contributed by atoms with Gasteiger partial charge in [-0.05, 0) is 44.7 Å². The standard InChI is InChI=1S/C25H27F3N4O2S/c1-15(17-3-2-4-18(23(17)26)24(27)28)31-20-7-10-29-21-14-30-22(13-19(20)21)25(33)8-11-35(34,12-9-25)32-16-5-6-16/h2-4,7,10,13-16,24,33H,5-6,8-9,11-12H2,1H3,(H,29,31)/t15-,25?,35?/m1/s1.